The van der Waals surface area contributed by atoms with E-state index in [1.165, 1.54) is 0 Å². The van der Waals surface area contributed by atoms with E-state index < -0.39 is 0 Å². The molecule has 0 spiro atoms. The molecule has 0 saturated heterocycles. The molecule has 0 fully saturated rings. The van der Waals surface area contributed by atoms with Crippen LogP contribution in [0.1, 0.15) is 32.8 Å². The van der Waals surface area contributed by atoms with Gasteiger partial charge < -0.3 is 9.72 Å². The molecule has 1 aliphatic rings. The molecule has 156 valence electrons. The summed E-state index contributed by atoms with van der Waals surface area (Å²) in [5.41, 5.74) is 7.06. The van der Waals surface area contributed by atoms with Crippen molar-refractivity contribution in [3.63, 3.8) is 0 Å². The fraction of sp³-hybridized carbons (Fsp3) is 0.348. The van der Waals surface area contributed by atoms with E-state index in [0.717, 1.165) is 51.5 Å². The number of hydrogen-bond donors (Lipinski definition) is 2. The second kappa shape index (κ2) is 9.34. The molecule has 0 aliphatic carbocycles. The number of aromatic amines is 1. The van der Waals surface area contributed by atoms with E-state index in [0.29, 0.717) is 11.8 Å². The Morgan fingerprint density at radius 1 is 1.20 bits per heavy atom. The lowest BCUT2D eigenvalue weighted by atomic mass is 10.1. The first-order valence-corrected chi connectivity index (χ1v) is 11.3. The van der Waals surface area contributed by atoms with Gasteiger partial charge in [-0.25, -0.2) is 4.98 Å². The van der Waals surface area contributed by atoms with Gasteiger partial charge in [-0.15, -0.1) is 11.8 Å². The summed E-state index contributed by atoms with van der Waals surface area (Å²) < 4.78 is 5.78. The minimum Gasteiger partial charge on any atom is -0.475 e. The Hall–Kier alpha value is -2.80. The van der Waals surface area contributed by atoms with Crippen LogP contribution >= 0.6 is 11.8 Å². The maximum Gasteiger partial charge on any atom is 0.214 e. The number of aromatic nitrogens is 2. The number of nitrogens with one attached hydrogen (secondary N) is 2. The van der Waals surface area contributed by atoms with E-state index >= 15 is 0 Å². The van der Waals surface area contributed by atoms with Crippen LogP contribution in [0, 0.1) is 5.92 Å². The molecule has 0 saturated carbocycles. The molecule has 4 rings (SSSR count). The van der Waals surface area contributed by atoms with Gasteiger partial charge in [0.15, 0.2) is 0 Å². The standard InChI is InChI=1S/C23H27N5OS/c1-15(2)29-22-6-4-5-21(27-22)19-12-25-20-8-7-17(11-18(19)20)23-28-26-14-24-10-9-16(3)13-30-23/h4-8,11-12,14-16,25H,9-10,13H2,1-3H3,(H,24,26)/b28-23-. The smallest absolute Gasteiger partial charge is 0.214 e. The van der Waals surface area contributed by atoms with E-state index in [1.54, 1.807) is 18.1 Å². The Labute approximate surface area is 181 Å². The number of rotatable bonds is 4. The summed E-state index contributed by atoms with van der Waals surface area (Å²) in [5, 5.41) is 6.65. The zero-order chi connectivity index (χ0) is 20.9. The minimum atomic E-state index is 0.0865. The molecule has 1 aliphatic heterocycles. The van der Waals surface area contributed by atoms with E-state index in [9.17, 15) is 0 Å². The molecule has 1 atom stereocenters. The topological polar surface area (TPSA) is 74.7 Å². The number of ether oxygens (including phenoxy) is 1. The highest BCUT2D eigenvalue weighted by Gasteiger charge is 2.14. The van der Waals surface area contributed by atoms with Gasteiger partial charge in [-0.2, -0.15) is 5.10 Å². The number of hydrogen-bond acceptors (Lipinski definition) is 6. The summed E-state index contributed by atoms with van der Waals surface area (Å²) >= 11 is 1.78. The highest BCUT2D eigenvalue weighted by Crippen LogP contribution is 2.31. The molecule has 6 nitrogen and oxygen atoms in total. The number of hydrazone groups is 1. The first kappa shape index (κ1) is 20.5. The van der Waals surface area contributed by atoms with Gasteiger partial charge >= 0.3 is 0 Å². The lowest BCUT2D eigenvalue weighted by Gasteiger charge is -2.13. The Morgan fingerprint density at radius 3 is 2.97 bits per heavy atom. The maximum atomic E-state index is 5.78. The summed E-state index contributed by atoms with van der Waals surface area (Å²) in [4.78, 5) is 12.4. The van der Waals surface area contributed by atoms with Gasteiger partial charge in [0.1, 0.15) is 11.4 Å². The summed E-state index contributed by atoms with van der Waals surface area (Å²) in [7, 11) is 0. The van der Waals surface area contributed by atoms with Crippen molar-refractivity contribution in [3.05, 3.63) is 48.2 Å². The molecule has 7 heteroatoms. The lowest BCUT2D eigenvalue weighted by molar-refractivity contribution is 0.233. The Morgan fingerprint density at radius 2 is 2.10 bits per heavy atom. The molecule has 0 radical (unpaired) electrons. The second-order valence-electron chi connectivity index (χ2n) is 7.78. The van der Waals surface area contributed by atoms with Gasteiger partial charge in [-0.05, 0) is 44.4 Å². The van der Waals surface area contributed by atoms with Gasteiger partial charge in [0.2, 0.25) is 5.88 Å². The number of nitrogens with zero attached hydrogens (tertiary/aromatic N) is 3. The van der Waals surface area contributed by atoms with Crippen molar-refractivity contribution in [2.75, 3.05) is 12.3 Å². The summed E-state index contributed by atoms with van der Waals surface area (Å²) in [6.07, 6.45) is 4.86. The molecule has 2 aromatic heterocycles. The molecule has 2 N–H and O–H groups in total. The number of thioether (sulfide) groups is 1. The minimum absolute atomic E-state index is 0.0865. The Bertz CT molecular complexity index is 1070. The van der Waals surface area contributed by atoms with Crippen LogP contribution in [-0.4, -0.2) is 39.8 Å². The van der Waals surface area contributed by atoms with Crippen LogP contribution < -0.4 is 10.2 Å². The number of fused-ring (bicyclic) bond motifs is 1. The second-order valence-corrected chi connectivity index (χ2v) is 8.79. The average Bonchev–Trinajstić information content (AvgIpc) is 3.16. The van der Waals surface area contributed by atoms with Crippen molar-refractivity contribution < 1.29 is 4.74 Å². The normalized spacial score (nSPS) is 19.3. The van der Waals surface area contributed by atoms with Gasteiger partial charge in [-0.1, -0.05) is 19.1 Å². The quantitative estimate of drug-likeness (QED) is 0.617. The van der Waals surface area contributed by atoms with Crippen LogP contribution in [-0.2, 0) is 0 Å². The molecule has 1 unspecified atom stereocenters. The van der Waals surface area contributed by atoms with Crippen molar-refractivity contribution in [2.24, 2.45) is 16.0 Å². The van der Waals surface area contributed by atoms with Crippen molar-refractivity contribution in [1.29, 1.82) is 0 Å². The predicted molar refractivity (Wildman–Crippen MR) is 127 cm³/mol. The Balaban J connectivity index is 1.70. The lowest BCUT2D eigenvalue weighted by Crippen LogP contribution is -2.12. The van der Waals surface area contributed by atoms with Gasteiger partial charge in [-0.3, -0.25) is 10.4 Å². The molecule has 0 bridgehead atoms. The van der Waals surface area contributed by atoms with Crippen LogP contribution in [0.2, 0.25) is 0 Å². The van der Waals surface area contributed by atoms with Crippen molar-refractivity contribution >= 4 is 34.0 Å². The number of pyridine rings is 1. The molecular weight excluding hydrogens is 394 g/mol. The maximum absolute atomic E-state index is 5.78. The van der Waals surface area contributed by atoms with Crippen molar-refractivity contribution in [3.8, 4) is 17.1 Å². The number of benzene rings is 1. The highest BCUT2D eigenvalue weighted by molar-refractivity contribution is 8.14. The van der Waals surface area contributed by atoms with Crippen molar-refractivity contribution in [1.82, 2.24) is 15.4 Å². The summed E-state index contributed by atoms with van der Waals surface area (Å²) in [5.74, 6) is 2.25. The molecule has 0 amide bonds. The van der Waals surface area contributed by atoms with E-state index in [2.05, 4.69) is 45.6 Å². The van der Waals surface area contributed by atoms with Gasteiger partial charge in [0.05, 0.1) is 11.8 Å². The zero-order valence-corrected chi connectivity index (χ0v) is 18.4. The molecule has 3 aromatic rings. The van der Waals surface area contributed by atoms with Crippen molar-refractivity contribution in [2.45, 2.75) is 33.3 Å². The van der Waals surface area contributed by atoms with E-state index in [-0.39, 0.29) is 6.10 Å². The van der Waals surface area contributed by atoms with Crippen LogP contribution in [0.4, 0.5) is 0 Å². The molecule has 3 heterocycles. The third-order valence-electron chi connectivity index (χ3n) is 4.86. The fourth-order valence-corrected chi connectivity index (χ4v) is 4.33. The third-order valence-corrected chi connectivity index (χ3v) is 6.19. The van der Waals surface area contributed by atoms with E-state index in [4.69, 9.17) is 9.72 Å². The van der Waals surface area contributed by atoms with Crippen LogP contribution in [0.25, 0.3) is 22.2 Å². The first-order valence-electron chi connectivity index (χ1n) is 10.3. The first-order chi connectivity index (χ1) is 14.6. The highest BCUT2D eigenvalue weighted by atomic mass is 32.2. The molecular formula is C23H27N5OS. The SMILES string of the molecule is CC1CCN=CN/N=C(/c2ccc3[nH]cc(-c4cccc(OC(C)C)n4)c3c2)SC1. The Kier molecular flexibility index (Phi) is 6.38. The van der Waals surface area contributed by atoms with Crippen LogP contribution in [0.5, 0.6) is 5.88 Å². The van der Waals surface area contributed by atoms with Gasteiger partial charge in [0, 0.05) is 46.6 Å². The summed E-state index contributed by atoms with van der Waals surface area (Å²) in [6, 6.07) is 12.3. The van der Waals surface area contributed by atoms with Gasteiger partial charge in [0.25, 0.3) is 0 Å². The summed E-state index contributed by atoms with van der Waals surface area (Å²) in [6.45, 7) is 7.11. The van der Waals surface area contributed by atoms with E-state index in [1.807, 2.05) is 38.2 Å². The molecule has 1 aromatic carbocycles. The predicted octanol–water partition coefficient (Wildman–Crippen LogP) is 5.07. The zero-order valence-electron chi connectivity index (χ0n) is 17.6. The third kappa shape index (κ3) is 4.84. The molecule has 30 heavy (non-hydrogen) atoms. The largest absolute Gasteiger partial charge is 0.475 e. The van der Waals surface area contributed by atoms with Crippen LogP contribution in [0.3, 0.4) is 0 Å². The number of H-pyrrole nitrogens is 1. The van der Waals surface area contributed by atoms with Crippen LogP contribution in [0.15, 0.2) is 52.7 Å². The fourth-order valence-electron chi connectivity index (χ4n) is 3.31. The average molecular weight is 422 g/mol. The number of aliphatic imine (C=N–C) groups is 1. The monoisotopic (exact) mass is 421 g/mol.